The molecule has 1 N–H and O–H groups in total. The average molecular weight is 218 g/mol. The SMILES string of the molecule is CC(C)C1=C(Br)C(=O)NC1=O. The van der Waals surface area contributed by atoms with Crippen molar-refractivity contribution in [3.63, 3.8) is 0 Å². The summed E-state index contributed by atoms with van der Waals surface area (Å²) >= 11 is 3.06. The van der Waals surface area contributed by atoms with Gasteiger partial charge in [0.15, 0.2) is 0 Å². The minimum atomic E-state index is -0.335. The quantitative estimate of drug-likeness (QED) is 0.666. The van der Waals surface area contributed by atoms with Crippen LogP contribution in [0.2, 0.25) is 0 Å². The van der Waals surface area contributed by atoms with Crippen LogP contribution in [0.25, 0.3) is 0 Å². The number of amides is 2. The maximum absolute atomic E-state index is 11.0. The van der Waals surface area contributed by atoms with Crippen LogP contribution in [0.5, 0.6) is 0 Å². The molecule has 0 radical (unpaired) electrons. The summed E-state index contributed by atoms with van der Waals surface area (Å²) in [5, 5.41) is 2.20. The molecule has 1 rings (SSSR count). The Morgan fingerprint density at radius 2 is 1.82 bits per heavy atom. The molecule has 0 aromatic rings. The Hall–Kier alpha value is -0.640. The summed E-state index contributed by atoms with van der Waals surface area (Å²) in [4.78, 5) is 21.9. The molecule has 3 nitrogen and oxygen atoms in total. The van der Waals surface area contributed by atoms with Crippen LogP contribution in [0.4, 0.5) is 0 Å². The maximum atomic E-state index is 11.0. The van der Waals surface area contributed by atoms with Crippen molar-refractivity contribution < 1.29 is 9.59 Å². The topological polar surface area (TPSA) is 46.2 Å². The van der Waals surface area contributed by atoms with Gasteiger partial charge in [-0.1, -0.05) is 13.8 Å². The van der Waals surface area contributed by atoms with Crippen LogP contribution in [-0.2, 0) is 9.59 Å². The van der Waals surface area contributed by atoms with Gasteiger partial charge in [-0.05, 0) is 21.8 Å². The monoisotopic (exact) mass is 217 g/mol. The molecule has 60 valence electrons. The Labute approximate surface area is 73.0 Å². The third-order valence-electron chi connectivity index (χ3n) is 1.48. The standard InChI is InChI=1S/C7H8BrNO2/c1-3(2)4-5(8)7(11)9-6(4)10/h3H,1-2H3,(H,9,10,11). The molecule has 4 heteroatoms. The number of halogens is 1. The first-order chi connectivity index (χ1) is 5.04. The number of hydrogen-bond donors (Lipinski definition) is 1. The lowest BCUT2D eigenvalue weighted by Gasteiger charge is -2.01. The molecule has 0 fully saturated rings. The average Bonchev–Trinajstić information content (AvgIpc) is 2.07. The van der Waals surface area contributed by atoms with Crippen LogP contribution < -0.4 is 5.32 Å². The lowest BCUT2D eigenvalue weighted by atomic mass is 10.0. The van der Waals surface area contributed by atoms with E-state index >= 15 is 0 Å². The van der Waals surface area contributed by atoms with Gasteiger partial charge in [-0.2, -0.15) is 0 Å². The fraction of sp³-hybridized carbons (Fsp3) is 0.429. The van der Waals surface area contributed by atoms with Crippen molar-refractivity contribution >= 4 is 27.7 Å². The molecule has 1 aliphatic heterocycles. The largest absolute Gasteiger partial charge is 0.288 e. The third kappa shape index (κ3) is 1.35. The van der Waals surface area contributed by atoms with E-state index in [2.05, 4.69) is 21.2 Å². The van der Waals surface area contributed by atoms with E-state index in [1.165, 1.54) is 0 Å². The van der Waals surface area contributed by atoms with Crippen LogP contribution in [0, 0.1) is 5.92 Å². The van der Waals surface area contributed by atoms with Gasteiger partial charge in [-0.25, -0.2) is 0 Å². The Balaban J connectivity index is 3.07. The van der Waals surface area contributed by atoms with Gasteiger partial charge in [0, 0.05) is 5.57 Å². The summed E-state index contributed by atoms with van der Waals surface area (Å²) in [6, 6.07) is 0. The molecular weight excluding hydrogens is 210 g/mol. The van der Waals surface area contributed by atoms with E-state index in [0.717, 1.165) is 0 Å². The van der Waals surface area contributed by atoms with Gasteiger partial charge in [0.25, 0.3) is 11.8 Å². The Morgan fingerprint density at radius 1 is 1.27 bits per heavy atom. The van der Waals surface area contributed by atoms with Gasteiger partial charge in [0.05, 0.1) is 4.48 Å². The summed E-state index contributed by atoms with van der Waals surface area (Å²) < 4.78 is 0.373. The second kappa shape index (κ2) is 2.77. The molecule has 1 heterocycles. The Kier molecular flexibility index (Phi) is 2.13. The van der Waals surface area contributed by atoms with Crippen LogP contribution in [0.1, 0.15) is 13.8 Å². The minimum Gasteiger partial charge on any atom is -0.288 e. The van der Waals surface area contributed by atoms with E-state index in [1.807, 2.05) is 13.8 Å². The minimum absolute atomic E-state index is 0.0795. The van der Waals surface area contributed by atoms with E-state index in [9.17, 15) is 9.59 Å². The molecule has 0 saturated heterocycles. The van der Waals surface area contributed by atoms with Crippen molar-refractivity contribution in [1.29, 1.82) is 0 Å². The lowest BCUT2D eigenvalue weighted by Crippen LogP contribution is -2.23. The smallest absolute Gasteiger partial charge is 0.265 e. The Morgan fingerprint density at radius 3 is 2.00 bits per heavy atom. The summed E-state index contributed by atoms with van der Waals surface area (Å²) in [6.07, 6.45) is 0. The number of rotatable bonds is 1. The molecule has 0 spiro atoms. The third-order valence-corrected chi connectivity index (χ3v) is 2.27. The predicted molar refractivity (Wildman–Crippen MR) is 43.9 cm³/mol. The van der Waals surface area contributed by atoms with Crippen LogP contribution in [0.15, 0.2) is 10.1 Å². The molecular formula is C7H8BrNO2. The first-order valence-electron chi connectivity index (χ1n) is 3.29. The van der Waals surface area contributed by atoms with Gasteiger partial charge >= 0.3 is 0 Å². The van der Waals surface area contributed by atoms with Crippen molar-refractivity contribution in [2.45, 2.75) is 13.8 Å². The van der Waals surface area contributed by atoms with Gasteiger partial charge in [0.1, 0.15) is 0 Å². The second-order valence-electron chi connectivity index (χ2n) is 2.67. The second-order valence-corrected chi connectivity index (χ2v) is 3.46. The summed E-state index contributed by atoms with van der Waals surface area (Å²) in [6.45, 7) is 3.74. The number of imide groups is 1. The van der Waals surface area contributed by atoms with E-state index in [0.29, 0.717) is 10.1 Å². The van der Waals surface area contributed by atoms with E-state index in [1.54, 1.807) is 0 Å². The fourth-order valence-electron chi connectivity index (χ4n) is 0.963. The lowest BCUT2D eigenvalue weighted by molar-refractivity contribution is -0.124. The zero-order valence-corrected chi connectivity index (χ0v) is 7.86. The molecule has 0 unspecified atom stereocenters. The highest BCUT2D eigenvalue weighted by Crippen LogP contribution is 2.24. The van der Waals surface area contributed by atoms with E-state index in [-0.39, 0.29) is 17.7 Å². The highest BCUT2D eigenvalue weighted by Gasteiger charge is 2.29. The van der Waals surface area contributed by atoms with Crippen molar-refractivity contribution in [3.05, 3.63) is 10.1 Å². The van der Waals surface area contributed by atoms with Crippen LogP contribution >= 0.6 is 15.9 Å². The number of nitrogens with one attached hydrogen (secondary N) is 1. The summed E-state index contributed by atoms with van der Waals surface area (Å²) in [7, 11) is 0. The molecule has 0 aliphatic carbocycles. The molecule has 0 aromatic heterocycles. The van der Waals surface area contributed by atoms with Crippen LogP contribution in [-0.4, -0.2) is 11.8 Å². The highest BCUT2D eigenvalue weighted by molar-refractivity contribution is 9.12. The zero-order valence-electron chi connectivity index (χ0n) is 6.27. The van der Waals surface area contributed by atoms with Crippen molar-refractivity contribution in [3.8, 4) is 0 Å². The normalized spacial score (nSPS) is 18.2. The maximum Gasteiger partial charge on any atom is 0.265 e. The molecule has 0 bridgehead atoms. The number of carbonyl (C=O) groups excluding carboxylic acids is 2. The summed E-state index contributed by atoms with van der Waals surface area (Å²) in [5.74, 6) is -0.536. The summed E-state index contributed by atoms with van der Waals surface area (Å²) in [5.41, 5.74) is 0.537. The van der Waals surface area contributed by atoms with Gasteiger partial charge in [0.2, 0.25) is 0 Å². The van der Waals surface area contributed by atoms with Crippen molar-refractivity contribution in [1.82, 2.24) is 5.32 Å². The zero-order chi connectivity index (χ0) is 8.59. The van der Waals surface area contributed by atoms with Gasteiger partial charge in [-0.15, -0.1) is 0 Å². The molecule has 0 aromatic carbocycles. The first kappa shape index (κ1) is 8.46. The van der Waals surface area contributed by atoms with Crippen LogP contribution in [0.3, 0.4) is 0 Å². The van der Waals surface area contributed by atoms with Gasteiger partial charge < -0.3 is 0 Å². The van der Waals surface area contributed by atoms with E-state index < -0.39 is 0 Å². The highest BCUT2D eigenvalue weighted by atomic mass is 79.9. The van der Waals surface area contributed by atoms with Crippen molar-refractivity contribution in [2.75, 3.05) is 0 Å². The molecule has 2 amide bonds. The van der Waals surface area contributed by atoms with Gasteiger partial charge in [-0.3, -0.25) is 14.9 Å². The molecule has 1 aliphatic rings. The Bertz CT molecular complexity index is 255. The first-order valence-corrected chi connectivity index (χ1v) is 4.08. The predicted octanol–water partition coefficient (Wildman–Crippen LogP) is 0.948. The molecule has 11 heavy (non-hydrogen) atoms. The van der Waals surface area contributed by atoms with E-state index in [4.69, 9.17) is 0 Å². The molecule has 0 atom stereocenters. The number of hydrogen-bond acceptors (Lipinski definition) is 2. The van der Waals surface area contributed by atoms with Crippen molar-refractivity contribution in [2.24, 2.45) is 5.92 Å². The fourth-order valence-corrected chi connectivity index (χ4v) is 1.70. The molecule has 0 saturated carbocycles. The number of carbonyl (C=O) groups is 2.